The summed E-state index contributed by atoms with van der Waals surface area (Å²) < 4.78 is 6.47. The number of aliphatic hydroxyl groups is 1. The van der Waals surface area contributed by atoms with Crippen molar-refractivity contribution in [2.45, 2.75) is 12.5 Å². The van der Waals surface area contributed by atoms with E-state index in [4.69, 9.17) is 26.7 Å². The second-order valence-corrected chi connectivity index (χ2v) is 4.95. The molecule has 0 saturated heterocycles. The first kappa shape index (κ1) is 16.0. The molecule has 6 nitrogen and oxygen atoms in total. The van der Waals surface area contributed by atoms with Crippen LogP contribution < -0.4 is 0 Å². The molecule has 22 heavy (non-hydrogen) atoms. The number of carbonyl (C=O) groups is 1. The van der Waals surface area contributed by atoms with Gasteiger partial charge in [-0.2, -0.15) is 5.26 Å². The van der Waals surface area contributed by atoms with Crippen molar-refractivity contribution in [2.24, 2.45) is 0 Å². The standard InChI is InChI=1S/C15H14ClN3O3/c1-22-15(21)14(19-9-18-8-11(19)4-5-20)12-3-2-10(7-17)6-13(12)16/h2-3,6,8-9,14,20H,4-5H2,1H3. The number of nitriles is 1. The molecule has 0 amide bonds. The van der Waals surface area contributed by atoms with Crippen molar-refractivity contribution in [3.8, 4) is 6.07 Å². The maximum absolute atomic E-state index is 12.2. The van der Waals surface area contributed by atoms with E-state index in [1.165, 1.54) is 19.5 Å². The van der Waals surface area contributed by atoms with Gasteiger partial charge in [-0.25, -0.2) is 9.78 Å². The van der Waals surface area contributed by atoms with Crippen molar-refractivity contribution in [3.05, 3.63) is 52.6 Å². The molecule has 0 aliphatic rings. The molecule has 2 aromatic rings. The Bertz CT molecular complexity index is 721. The van der Waals surface area contributed by atoms with Crippen LogP contribution in [0.3, 0.4) is 0 Å². The number of rotatable bonds is 5. The van der Waals surface area contributed by atoms with Crippen molar-refractivity contribution < 1.29 is 14.6 Å². The zero-order chi connectivity index (χ0) is 16.1. The van der Waals surface area contributed by atoms with Crippen LogP contribution in [0.25, 0.3) is 0 Å². The number of aromatic nitrogens is 2. The van der Waals surface area contributed by atoms with E-state index in [9.17, 15) is 4.79 Å². The van der Waals surface area contributed by atoms with Gasteiger partial charge in [0.25, 0.3) is 0 Å². The van der Waals surface area contributed by atoms with Crippen molar-refractivity contribution in [2.75, 3.05) is 13.7 Å². The van der Waals surface area contributed by atoms with Gasteiger partial charge in [0.2, 0.25) is 0 Å². The Hall–Kier alpha value is -2.36. The second kappa shape index (κ2) is 7.07. The number of halogens is 1. The number of hydrogen-bond acceptors (Lipinski definition) is 5. The Morgan fingerprint density at radius 1 is 1.59 bits per heavy atom. The highest BCUT2D eigenvalue weighted by Gasteiger charge is 2.27. The summed E-state index contributed by atoms with van der Waals surface area (Å²) in [7, 11) is 1.29. The minimum atomic E-state index is -0.825. The fourth-order valence-electron chi connectivity index (χ4n) is 2.19. The predicted molar refractivity (Wildman–Crippen MR) is 79.3 cm³/mol. The number of nitrogens with zero attached hydrogens (tertiary/aromatic N) is 3. The third-order valence-corrected chi connectivity index (χ3v) is 3.57. The number of esters is 1. The number of ether oxygens (including phenoxy) is 1. The molecule has 0 aliphatic heterocycles. The zero-order valence-electron chi connectivity index (χ0n) is 11.9. The van der Waals surface area contributed by atoms with Crippen molar-refractivity contribution in [1.29, 1.82) is 5.26 Å². The molecule has 1 atom stereocenters. The first-order valence-electron chi connectivity index (χ1n) is 6.51. The lowest BCUT2D eigenvalue weighted by molar-refractivity contribution is -0.143. The smallest absolute Gasteiger partial charge is 0.333 e. The molecule has 0 spiro atoms. The van der Waals surface area contributed by atoms with Crippen LogP contribution in [0.15, 0.2) is 30.7 Å². The van der Waals surface area contributed by atoms with Crippen molar-refractivity contribution in [1.82, 2.24) is 9.55 Å². The summed E-state index contributed by atoms with van der Waals surface area (Å²) in [6, 6.07) is 5.86. The van der Waals surface area contributed by atoms with Gasteiger partial charge in [-0.3, -0.25) is 0 Å². The topological polar surface area (TPSA) is 88.1 Å². The molecule has 1 aromatic heterocycles. The van der Waals surface area contributed by atoms with E-state index in [0.717, 1.165) is 0 Å². The minimum Gasteiger partial charge on any atom is -0.467 e. The molecule has 114 valence electrons. The second-order valence-electron chi connectivity index (χ2n) is 4.54. The molecule has 2 rings (SSSR count). The van der Waals surface area contributed by atoms with E-state index < -0.39 is 12.0 Å². The average Bonchev–Trinajstić information content (AvgIpc) is 2.97. The summed E-state index contributed by atoms with van der Waals surface area (Å²) in [6.45, 7) is -0.0688. The fourth-order valence-corrected chi connectivity index (χ4v) is 2.48. The summed E-state index contributed by atoms with van der Waals surface area (Å²) in [5.74, 6) is -0.510. The summed E-state index contributed by atoms with van der Waals surface area (Å²) in [4.78, 5) is 16.2. The predicted octanol–water partition coefficient (Wildman–Crippen LogP) is 1.71. The van der Waals surface area contributed by atoms with Crippen LogP contribution in [0, 0.1) is 11.3 Å². The van der Waals surface area contributed by atoms with Gasteiger partial charge in [0.05, 0.1) is 25.1 Å². The number of imidazole rings is 1. The molecule has 0 fully saturated rings. The van der Waals surface area contributed by atoms with Gasteiger partial charge in [-0.15, -0.1) is 0 Å². The van der Waals surface area contributed by atoms with Crippen LogP contribution in [-0.4, -0.2) is 34.3 Å². The van der Waals surface area contributed by atoms with Gasteiger partial charge >= 0.3 is 5.97 Å². The quantitative estimate of drug-likeness (QED) is 0.847. The average molecular weight is 320 g/mol. The van der Waals surface area contributed by atoms with Crippen LogP contribution in [-0.2, 0) is 16.0 Å². The van der Waals surface area contributed by atoms with E-state index in [2.05, 4.69) is 4.98 Å². The fraction of sp³-hybridized carbons (Fsp3) is 0.267. The van der Waals surface area contributed by atoms with Gasteiger partial charge in [-0.05, 0) is 12.1 Å². The monoisotopic (exact) mass is 319 g/mol. The maximum atomic E-state index is 12.2. The summed E-state index contributed by atoms with van der Waals surface area (Å²) in [6.07, 6.45) is 3.41. The van der Waals surface area contributed by atoms with E-state index in [0.29, 0.717) is 23.2 Å². The highest BCUT2D eigenvalue weighted by atomic mass is 35.5. The van der Waals surface area contributed by atoms with Crippen molar-refractivity contribution >= 4 is 17.6 Å². The van der Waals surface area contributed by atoms with Crippen LogP contribution in [0.5, 0.6) is 0 Å². The van der Waals surface area contributed by atoms with E-state index in [-0.39, 0.29) is 11.6 Å². The number of hydrogen-bond donors (Lipinski definition) is 1. The normalized spacial score (nSPS) is 11.7. The highest BCUT2D eigenvalue weighted by molar-refractivity contribution is 6.31. The van der Waals surface area contributed by atoms with Gasteiger partial charge in [0.1, 0.15) is 0 Å². The lowest BCUT2D eigenvalue weighted by atomic mass is 10.0. The van der Waals surface area contributed by atoms with E-state index >= 15 is 0 Å². The lowest BCUT2D eigenvalue weighted by Gasteiger charge is -2.20. The first-order chi connectivity index (χ1) is 10.6. The van der Waals surface area contributed by atoms with Crippen LogP contribution in [0.2, 0.25) is 5.02 Å². The third-order valence-electron chi connectivity index (χ3n) is 3.24. The summed E-state index contributed by atoms with van der Waals surface area (Å²) in [5, 5.41) is 18.3. The molecule has 0 aliphatic carbocycles. The highest BCUT2D eigenvalue weighted by Crippen LogP contribution is 2.29. The molecule has 1 aromatic carbocycles. The molecule has 0 saturated carbocycles. The molecule has 0 radical (unpaired) electrons. The summed E-state index contributed by atoms with van der Waals surface area (Å²) >= 11 is 6.21. The summed E-state index contributed by atoms with van der Waals surface area (Å²) in [5.41, 5.74) is 1.58. The van der Waals surface area contributed by atoms with Gasteiger partial charge in [-0.1, -0.05) is 17.7 Å². The minimum absolute atomic E-state index is 0.0688. The molecule has 7 heteroatoms. The third kappa shape index (κ3) is 3.11. The number of aliphatic hydroxyl groups excluding tert-OH is 1. The Labute approximate surface area is 132 Å². The van der Waals surface area contributed by atoms with Crippen molar-refractivity contribution in [3.63, 3.8) is 0 Å². The number of methoxy groups -OCH3 is 1. The first-order valence-corrected chi connectivity index (χ1v) is 6.89. The van der Waals surface area contributed by atoms with E-state index in [1.54, 1.807) is 22.9 Å². The van der Waals surface area contributed by atoms with Gasteiger partial charge in [0.15, 0.2) is 6.04 Å². The Kier molecular flexibility index (Phi) is 5.15. The van der Waals surface area contributed by atoms with Crippen LogP contribution in [0.4, 0.5) is 0 Å². The number of benzene rings is 1. The number of carbonyl (C=O) groups excluding carboxylic acids is 1. The molecule has 0 bridgehead atoms. The molecular weight excluding hydrogens is 306 g/mol. The van der Waals surface area contributed by atoms with Gasteiger partial charge in [0, 0.05) is 35.5 Å². The molecule has 1 heterocycles. The molecule has 1 N–H and O–H groups in total. The zero-order valence-corrected chi connectivity index (χ0v) is 12.6. The van der Waals surface area contributed by atoms with Gasteiger partial charge < -0.3 is 14.4 Å². The largest absolute Gasteiger partial charge is 0.467 e. The Morgan fingerprint density at radius 3 is 2.95 bits per heavy atom. The Balaban J connectivity index is 2.54. The van der Waals surface area contributed by atoms with Crippen LogP contribution in [0.1, 0.15) is 22.9 Å². The lowest BCUT2D eigenvalue weighted by Crippen LogP contribution is -2.24. The van der Waals surface area contributed by atoms with E-state index in [1.807, 2.05) is 6.07 Å². The van der Waals surface area contributed by atoms with Crippen LogP contribution >= 0.6 is 11.6 Å². The molecular formula is C15H14ClN3O3. The Morgan fingerprint density at radius 2 is 2.36 bits per heavy atom. The maximum Gasteiger partial charge on any atom is 0.333 e. The SMILES string of the molecule is COC(=O)C(c1ccc(C#N)cc1Cl)n1cncc1CCO. The molecule has 1 unspecified atom stereocenters.